The minimum Gasteiger partial charge on any atom is -0.434 e. The van der Waals surface area contributed by atoms with Crippen LogP contribution in [0.5, 0.6) is 5.75 Å². The van der Waals surface area contributed by atoms with Gasteiger partial charge in [0.05, 0.1) is 5.56 Å². The molecule has 2 rings (SSSR count). The van der Waals surface area contributed by atoms with Crippen LogP contribution in [0.2, 0.25) is 0 Å². The molecule has 1 aromatic rings. The van der Waals surface area contributed by atoms with Crippen LogP contribution in [0.25, 0.3) is 0 Å². The zero-order valence-corrected chi connectivity index (χ0v) is 14.7. The van der Waals surface area contributed by atoms with Crippen LogP contribution in [0.4, 0.5) is 26.3 Å². The molecule has 12 heteroatoms. The van der Waals surface area contributed by atoms with Crippen molar-refractivity contribution in [2.45, 2.75) is 18.8 Å². The Hall–Kier alpha value is -1.72. The summed E-state index contributed by atoms with van der Waals surface area (Å²) in [5.41, 5.74) is -0.479. The van der Waals surface area contributed by atoms with Crippen LogP contribution in [0.3, 0.4) is 0 Å². The van der Waals surface area contributed by atoms with Crippen molar-refractivity contribution in [3.63, 3.8) is 0 Å². The topological polar surface area (TPSA) is 53.6 Å². The molecule has 5 nitrogen and oxygen atoms in total. The Bertz CT molecular complexity index is 626. The summed E-state index contributed by atoms with van der Waals surface area (Å²) in [5, 5.41) is 4.99. The molecule has 0 aliphatic carbocycles. The Morgan fingerprint density at radius 3 is 2.44 bits per heavy atom. The second-order valence-electron chi connectivity index (χ2n) is 5.57. The number of carbonyl (C=O) groups excluding carboxylic acids is 1. The molecule has 0 bridgehead atoms. The Kier molecular flexibility index (Phi) is 8.63. The lowest BCUT2D eigenvalue weighted by Crippen LogP contribution is -2.57. The highest BCUT2D eigenvalue weighted by molar-refractivity contribution is 5.96. The van der Waals surface area contributed by atoms with E-state index in [-0.39, 0.29) is 25.5 Å². The van der Waals surface area contributed by atoms with Crippen molar-refractivity contribution in [2.24, 2.45) is 0 Å². The first-order valence-electron chi connectivity index (χ1n) is 7.72. The van der Waals surface area contributed by atoms with Crippen molar-refractivity contribution in [1.82, 2.24) is 15.5 Å². The van der Waals surface area contributed by atoms with E-state index in [4.69, 9.17) is 0 Å². The number of ether oxygens (including phenoxy) is 1. The second-order valence-corrected chi connectivity index (χ2v) is 5.57. The average Bonchev–Trinajstić information content (AvgIpc) is 2.54. The van der Waals surface area contributed by atoms with Crippen LogP contribution in [-0.2, 0) is 0 Å². The summed E-state index contributed by atoms with van der Waals surface area (Å²) in [6.45, 7) is -3.02. The highest BCUT2D eigenvalue weighted by atomic mass is 35.5. The smallest absolute Gasteiger partial charge is 0.405 e. The Labute approximate surface area is 157 Å². The van der Waals surface area contributed by atoms with Crippen molar-refractivity contribution < 1.29 is 35.9 Å². The van der Waals surface area contributed by atoms with Gasteiger partial charge in [-0.1, -0.05) is 0 Å². The number of nitrogens with one attached hydrogen (secondary N) is 2. The van der Waals surface area contributed by atoms with Gasteiger partial charge >= 0.3 is 12.8 Å². The molecule has 0 aromatic heterocycles. The van der Waals surface area contributed by atoms with Crippen LogP contribution >= 0.6 is 12.4 Å². The number of hydrogen-bond acceptors (Lipinski definition) is 4. The second kappa shape index (κ2) is 10.00. The molecule has 1 aliphatic heterocycles. The fraction of sp³-hybridized carbons (Fsp3) is 0.533. The maximum atomic E-state index is 13.3. The molecule has 0 radical (unpaired) electrons. The zero-order chi connectivity index (χ0) is 19.3. The normalized spacial score (nSPS) is 16.6. The van der Waals surface area contributed by atoms with Gasteiger partial charge in [0.15, 0.2) is 0 Å². The van der Waals surface area contributed by atoms with E-state index < -0.39 is 48.4 Å². The number of carbonyl (C=O) groups is 1. The average molecular weight is 422 g/mol. The molecule has 1 fully saturated rings. The lowest BCUT2D eigenvalue weighted by atomic mass is 10.1. The quantitative estimate of drug-likeness (QED) is 0.693. The maximum Gasteiger partial charge on any atom is 0.405 e. The van der Waals surface area contributed by atoms with Crippen LogP contribution in [0, 0.1) is 5.82 Å². The summed E-state index contributed by atoms with van der Waals surface area (Å²) < 4.78 is 81.8. The number of hydrogen-bond donors (Lipinski definition) is 2. The summed E-state index contributed by atoms with van der Waals surface area (Å²) in [4.78, 5) is 13.3. The molecule has 27 heavy (non-hydrogen) atoms. The van der Waals surface area contributed by atoms with E-state index in [0.717, 1.165) is 12.1 Å². The van der Waals surface area contributed by atoms with Crippen molar-refractivity contribution >= 4 is 18.3 Å². The van der Waals surface area contributed by atoms with Crippen LogP contribution in [0.1, 0.15) is 10.4 Å². The summed E-state index contributed by atoms with van der Waals surface area (Å²) in [6, 6.07) is 0.340. The Balaban J connectivity index is 0.00000364. The first kappa shape index (κ1) is 23.3. The molecule has 154 valence electrons. The molecule has 1 atom stereocenters. The maximum absolute atomic E-state index is 13.3. The monoisotopic (exact) mass is 421 g/mol. The van der Waals surface area contributed by atoms with Crippen LogP contribution in [0.15, 0.2) is 18.2 Å². The molecule has 1 amide bonds. The van der Waals surface area contributed by atoms with E-state index >= 15 is 0 Å². The van der Waals surface area contributed by atoms with Crippen molar-refractivity contribution in [1.29, 1.82) is 0 Å². The SMILES string of the molecule is Cl.O=C(NCC(N1CCNCC1)C(F)(F)F)c1ccc(F)cc1OC(F)F. The Morgan fingerprint density at radius 2 is 1.89 bits per heavy atom. The van der Waals surface area contributed by atoms with E-state index in [1.165, 1.54) is 4.90 Å². The summed E-state index contributed by atoms with van der Waals surface area (Å²) >= 11 is 0. The molecule has 0 spiro atoms. The van der Waals surface area contributed by atoms with E-state index in [2.05, 4.69) is 15.4 Å². The van der Waals surface area contributed by atoms with Gasteiger partial charge in [0.2, 0.25) is 0 Å². The predicted molar refractivity (Wildman–Crippen MR) is 86.9 cm³/mol. The van der Waals surface area contributed by atoms with E-state index in [0.29, 0.717) is 19.2 Å². The minimum atomic E-state index is -4.59. The van der Waals surface area contributed by atoms with Gasteiger partial charge in [-0.2, -0.15) is 22.0 Å². The van der Waals surface area contributed by atoms with Gasteiger partial charge in [0.25, 0.3) is 5.91 Å². The number of nitrogens with zero attached hydrogens (tertiary/aromatic N) is 1. The molecule has 1 saturated heterocycles. The number of alkyl halides is 5. The van der Waals surface area contributed by atoms with Gasteiger partial charge < -0.3 is 15.4 Å². The lowest BCUT2D eigenvalue weighted by Gasteiger charge is -2.35. The van der Waals surface area contributed by atoms with Crippen LogP contribution < -0.4 is 15.4 Å². The van der Waals surface area contributed by atoms with Crippen molar-refractivity contribution in [3.8, 4) is 5.75 Å². The summed E-state index contributed by atoms with van der Waals surface area (Å²) in [5.74, 6) is -2.74. The third-order valence-electron chi connectivity index (χ3n) is 3.83. The number of amides is 1. The molecule has 1 unspecified atom stereocenters. The van der Waals surface area contributed by atoms with Gasteiger partial charge in [-0.3, -0.25) is 9.69 Å². The van der Waals surface area contributed by atoms with Crippen molar-refractivity contribution in [2.75, 3.05) is 32.7 Å². The highest BCUT2D eigenvalue weighted by Gasteiger charge is 2.43. The van der Waals surface area contributed by atoms with E-state index in [1.807, 2.05) is 0 Å². The summed E-state index contributed by atoms with van der Waals surface area (Å²) in [7, 11) is 0. The first-order chi connectivity index (χ1) is 12.2. The molecular weight excluding hydrogens is 404 g/mol. The highest BCUT2D eigenvalue weighted by Crippen LogP contribution is 2.26. The van der Waals surface area contributed by atoms with Crippen LogP contribution in [-0.4, -0.2) is 62.4 Å². The Morgan fingerprint density at radius 1 is 1.26 bits per heavy atom. The van der Waals surface area contributed by atoms with Gasteiger partial charge in [-0.15, -0.1) is 12.4 Å². The molecule has 1 heterocycles. The van der Waals surface area contributed by atoms with E-state index in [1.54, 1.807) is 0 Å². The lowest BCUT2D eigenvalue weighted by molar-refractivity contribution is -0.183. The predicted octanol–water partition coefficient (Wildman–Crippen LogP) is 2.41. The van der Waals surface area contributed by atoms with Gasteiger partial charge in [0, 0.05) is 38.8 Å². The fourth-order valence-corrected chi connectivity index (χ4v) is 2.61. The van der Waals surface area contributed by atoms with Gasteiger partial charge in [-0.05, 0) is 12.1 Å². The molecule has 1 aromatic carbocycles. The van der Waals surface area contributed by atoms with E-state index in [9.17, 15) is 31.1 Å². The minimum absolute atomic E-state index is 0. The largest absolute Gasteiger partial charge is 0.434 e. The zero-order valence-electron chi connectivity index (χ0n) is 13.9. The standard InChI is InChI=1S/C15H17F6N3O2.ClH/c16-9-1-2-10(11(7-9)26-14(17)18)13(25)23-8-12(15(19,20)21)24-5-3-22-4-6-24;/h1-2,7,12,14,22H,3-6,8H2,(H,23,25);1H. The summed E-state index contributed by atoms with van der Waals surface area (Å²) in [6.07, 6.45) is -4.59. The van der Waals surface area contributed by atoms with Crippen molar-refractivity contribution in [3.05, 3.63) is 29.6 Å². The molecule has 2 N–H and O–H groups in total. The number of halogens is 7. The fourth-order valence-electron chi connectivity index (χ4n) is 2.61. The molecule has 1 aliphatic rings. The molecule has 0 saturated carbocycles. The number of benzene rings is 1. The van der Waals surface area contributed by atoms with Gasteiger partial charge in [-0.25, -0.2) is 4.39 Å². The number of piperazine rings is 1. The van der Waals surface area contributed by atoms with Gasteiger partial charge in [0.1, 0.15) is 17.6 Å². The third kappa shape index (κ3) is 6.74. The third-order valence-corrected chi connectivity index (χ3v) is 3.83. The first-order valence-corrected chi connectivity index (χ1v) is 7.72. The number of rotatable bonds is 6. The molecular formula is C15H18ClF6N3O2.